The average molecular weight is 433 g/mol. The van der Waals surface area contributed by atoms with E-state index in [1.807, 2.05) is 6.92 Å². The number of hydrogen-bond acceptors (Lipinski definition) is 5. The summed E-state index contributed by atoms with van der Waals surface area (Å²) in [7, 11) is 0. The molecular weight excluding hydrogens is 396 g/mol. The molecule has 0 radical (unpaired) electrons. The van der Waals surface area contributed by atoms with Crippen LogP contribution in [-0.4, -0.2) is 47.4 Å². The average Bonchev–Trinajstić information content (AvgIpc) is 3.27. The molecule has 1 saturated heterocycles. The van der Waals surface area contributed by atoms with E-state index in [1.54, 1.807) is 12.1 Å². The lowest BCUT2D eigenvalue weighted by Crippen LogP contribution is -2.60. The maximum atomic E-state index is 12.9. The monoisotopic (exact) mass is 432 g/mol. The van der Waals surface area contributed by atoms with Gasteiger partial charge in [0.25, 0.3) is 0 Å². The normalized spacial score (nSPS) is 27.1. The topological polar surface area (TPSA) is 104 Å². The largest absolute Gasteiger partial charge is 0.467 e. The molecule has 31 heavy (non-hydrogen) atoms. The highest BCUT2D eigenvalue weighted by Crippen LogP contribution is 2.41. The summed E-state index contributed by atoms with van der Waals surface area (Å²) in [5, 5.41) is 8.21. The van der Waals surface area contributed by atoms with Gasteiger partial charge in [0, 0.05) is 24.0 Å². The number of carbonyl (C=O) groups is 3. The second-order valence-corrected chi connectivity index (χ2v) is 9.01. The number of hydrogen-bond donors (Lipinski definition) is 3. The van der Waals surface area contributed by atoms with E-state index in [2.05, 4.69) is 34.7 Å². The lowest BCUT2D eigenvalue weighted by atomic mass is 9.69. The Morgan fingerprint density at radius 1 is 1.26 bits per heavy atom. The summed E-state index contributed by atoms with van der Waals surface area (Å²) in [5.41, 5.74) is 0. The fraction of sp³-hybridized carbons (Fsp3) is 0.696. The Balaban J connectivity index is 1.57. The van der Waals surface area contributed by atoms with Crippen molar-refractivity contribution < 1.29 is 18.8 Å². The number of imide groups is 1. The van der Waals surface area contributed by atoms with Gasteiger partial charge in [-0.3, -0.25) is 19.8 Å². The molecule has 2 heterocycles. The lowest BCUT2D eigenvalue weighted by molar-refractivity contribution is -0.135. The zero-order valence-corrected chi connectivity index (χ0v) is 18.9. The third-order valence-corrected chi connectivity index (χ3v) is 6.81. The highest BCUT2D eigenvalue weighted by Gasteiger charge is 2.45. The van der Waals surface area contributed by atoms with Crippen molar-refractivity contribution in [1.29, 1.82) is 0 Å². The van der Waals surface area contributed by atoms with Crippen molar-refractivity contribution in [3.8, 4) is 0 Å². The fourth-order valence-electron chi connectivity index (χ4n) is 5.01. The zero-order valence-electron chi connectivity index (χ0n) is 18.9. The first-order valence-electron chi connectivity index (χ1n) is 11.5. The van der Waals surface area contributed by atoms with E-state index in [-0.39, 0.29) is 54.9 Å². The lowest BCUT2D eigenvalue weighted by Gasteiger charge is -2.50. The summed E-state index contributed by atoms with van der Waals surface area (Å²) in [4.78, 5) is 39.8. The van der Waals surface area contributed by atoms with E-state index in [1.165, 1.54) is 6.26 Å². The summed E-state index contributed by atoms with van der Waals surface area (Å²) >= 11 is 0. The highest BCUT2D eigenvalue weighted by atomic mass is 16.3. The molecule has 2 fully saturated rings. The Morgan fingerprint density at radius 2 is 2.03 bits per heavy atom. The number of furan rings is 1. The van der Waals surface area contributed by atoms with E-state index < -0.39 is 6.03 Å². The van der Waals surface area contributed by atoms with Crippen LogP contribution in [0.5, 0.6) is 0 Å². The summed E-state index contributed by atoms with van der Waals surface area (Å²) in [6.45, 7) is 6.58. The van der Waals surface area contributed by atoms with E-state index in [9.17, 15) is 14.4 Å². The number of urea groups is 1. The highest BCUT2D eigenvalue weighted by molar-refractivity contribution is 5.95. The van der Waals surface area contributed by atoms with Crippen LogP contribution in [0.2, 0.25) is 0 Å². The van der Waals surface area contributed by atoms with Crippen molar-refractivity contribution in [1.82, 2.24) is 20.9 Å². The van der Waals surface area contributed by atoms with Crippen LogP contribution in [0.25, 0.3) is 0 Å². The van der Waals surface area contributed by atoms with Crippen LogP contribution in [0.15, 0.2) is 22.8 Å². The minimum Gasteiger partial charge on any atom is -0.467 e. The van der Waals surface area contributed by atoms with E-state index >= 15 is 0 Å². The summed E-state index contributed by atoms with van der Waals surface area (Å²) in [5.74, 6) is 0.703. The van der Waals surface area contributed by atoms with Gasteiger partial charge in [-0.25, -0.2) is 4.79 Å². The molecule has 0 bridgehead atoms. The van der Waals surface area contributed by atoms with Crippen LogP contribution in [-0.2, 0) is 16.1 Å². The molecule has 0 unspecified atom stereocenters. The van der Waals surface area contributed by atoms with Gasteiger partial charge in [0.15, 0.2) is 0 Å². The molecule has 172 valence electrons. The van der Waals surface area contributed by atoms with Crippen LogP contribution in [0.4, 0.5) is 4.79 Å². The van der Waals surface area contributed by atoms with Gasteiger partial charge in [0.05, 0.1) is 19.4 Å². The van der Waals surface area contributed by atoms with Crippen molar-refractivity contribution in [2.75, 3.05) is 6.54 Å². The third-order valence-electron chi connectivity index (χ3n) is 6.81. The summed E-state index contributed by atoms with van der Waals surface area (Å²) in [6, 6.07) is 3.44. The zero-order chi connectivity index (χ0) is 22.4. The van der Waals surface area contributed by atoms with Gasteiger partial charge in [-0.2, -0.15) is 0 Å². The number of amides is 4. The van der Waals surface area contributed by atoms with E-state index in [0.717, 1.165) is 38.5 Å². The third kappa shape index (κ3) is 6.09. The number of piperidine rings is 1. The Bertz CT molecular complexity index is 751. The minimum atomic E-state index is -0.530. The standard InChI is InChI=1S/C23H36N4O4/c1-4-15(2)25-22(29)19-12-16(3)27(20-10-6-5-9-18(19)20)14-21(28)26-23(30)24-13-17-8-7-11-31-17/h7-8,11,15-16,18-20H,4-6,9-10,12-14H2,1-3H3,(H,25,29)(H2,24,26,28,30)/t15-,16-,18+,19+,20+/m0/s1. The SMILES string of the molecule is CC[C@H](C)NC(=O)[C@@H]1C[C@H](C)N(CC(=O)NC(=O)NCc2ccco2)[C@@H]2CCCC[C@@H]21. The number of rotatable bonds is 7. The molecule has 2 aliphatic rings. The molecule has 3 N–H and O–H groups in total. The van der Waals surface area contributed by atoms with Gasteiger partial charge in [-0.15, -0.1) is 0 Å². The number of nitrogens with zero attached hydrogens (tertiary/aromatic N) is 1. The predicted molar refractivity (Wildman–Crippen MR) is 117 cm³/mol. The van der Waals surface area contributed by atoms with Gasteiger partial charge in [-0.1, -0.05) is 19.8 Å². The molecule has 4 amide bonds. The van der Waals surface area contributed by atoms with Gasteiger partial charge < -0.3 is 15.1 Å². The smallest absolute Gasteiger partial charge is 0.321 e. The van der Waals surface area contributed by atoms with Crippen molar-refractivity contribution in [2.45, 2.75) is 84.0 Å². The van der Waals surface area contributed by atoms with Crippen LogP contribution in [0, 0.1) is 11.8 Å². The number of carbonyl (C=O) groups excluding carboxylic acids is 3. The molecule has 1 aromatic heterocycles. The van der Waals surface area contributed by atoms with Crippen LogP contribution < -0.4 is 16.0 Å². The fourth-order valence-corrected chi connectivity index (χ4v) is 5.01. The summed E-state index contributed by atoms with van der Waals surface area (Å²) in [6.07, 6.45) is 7.41. The van der Waals surface area contributed by atoms with Crippen LogP contribution in [0.3, 0.4) is 0 Å². The molecule has 0 aromatic carbocycles. The predicted octanol–water partition coefficient (Wildman–Crippen LogP) is 2.79. The second kappa shape index (κ2) is 10.8. The maximum absolute atomic E-state index is 12.9. The Kier molecular flexibility index (Phi) is 8.12. The first kappa shape index (κ1) is 23.3. The molecule has 1 aliphatic heterocycles. The quantitative estimate of drug-likeness (QED) is 0.615. The number of nitrogens with one attached hydrogen (secondary N) is 3. The molecule has 1 aliphatic carbocycles. The van der Waals surface area contributed by atoms with Gasteiger partial charge in [0.2, 0.25) is 11.8 Å². The van der Waals surface area contributed by atoms with E-state index in [4.69, 9.17) is 4.42 Å². The Labute approximate surface area is 184 Å². The summed E-state index contributed by atoms with van der Waals surface area (Å²) < 4.78 is 5.18. The van der Waals surface area contributed by atoms with Crippen LogP contribution >= 0.6 is 0 Å². The first-order chi connectivity index (χ1) is 14.9. The Hall–Kier alpha value is -2.35. The molecule has 3 rings (SSSR count). The molecule has 1 aromatic rings. The molecule has 8 nitrogen and oxygen atoms in total. The van der Waals surface area contributed by atoms with Crippen molar-refractivity contribution in [3.05, 3.63) is 24.2 Å². The van der Waals surface area contributed by atoms with Gasteiger partial charge >= 0.3 is 6.03 Å². The molecule has 0 spiro atoms. The van der Waals surface area contributed by atoms with E-state index in [0.29, 0.717) is 5.76 Å². The second-order valence-electron chi connectivity index (χ2n) is 9.01. The molecule has 8 heteroatoms. The number of likely N-dealkylation sites (tertiary alicyclic amines) is 1. The maximum Gasteiger partial charge on any atom is 0.321 e. The minimum absolute atomic E-state index is 0.00907. The Morgan fingerprint density at radius 3 is 2.74 bits per heavy atom. The first-order valence-corrected chi connectivity index (χ1v) is 11.5. The van der Waals surface area contributed by atoms with Gasteiger partial charge in [0.1, 0.15) is 5.76 Å². The van der Waals surface area contributed by atoms with Crippen LogP contribution in [0.1, 0.15) is 65.1 Å². The van der Waals surface area contributed by atoms with Crippen molar-refractivity contribution in [3.63, 3.8) is 0 Å². The van der Waals surface area contributed by atoms with Crippen molar-refractivity contribution in [2.24, 2.45) is 11.8 Å². The number of fused-ring (bicyclic) bond motifs is 1. The molecule has 5 atom stereocenters. The molecule has 1 saturated carbocycles. The molecular formula is C23H36N4O4. The van der Waals surface area contributed by atoms with Gasteiger partial charge in [-0.05, 0) is 57.6 Å². The van der Waals surface area contributed by atoms with Crippen molar-refractivity contribution >= 4 is 17.8 Å².